The predicted molar refractivity (Wildman–Crippen MR) is 95.2 cm³/mol. The minimum absolute atomic E-state index is 0.0972. The second-order valence-corrected chi connectivity index (χ2v) is 7.32. The van der Waals surface area contributed by atoms with Crippen molar-refractivity contribution in [2.75, 3.05) is 0 Å². The predicted octanol–water partition coefficient (Wildman–Crippen LogP) is 4.17. The van der Waals surface area contributed by atoms with E-state index in [9.17, 15) is 13.9 Å². The average molecular weight is 378 g/mol. The zero-order valence-corrected chi connectivity index (χ0v) is 15.1. The molecule has 0 aliphatic heterocycles. The van der Waals surface area contributed by atoms with E-state index in [-0.39, 0.29) is 18.0 Å². The number of alkyl halides is 2. The van der Waals surface area contributed by atoms with Gasteiger partial charge in [0.05, 0.1) is 30.7 Å². The van der Waals surface area contributed by atoms with E-state index in [1.54, 1.807) is 22.9 Å². The van der Waals surface area contributed by atoms with Crippen LogP contribution in [0.2, 0.25) is 0 Å². The van der Waals surface area contributed by atoms with E-state index in [1.807, 2.05) is 6.20 Å². The molecule has 146 valence electrons. The van der Waals surface area contributed by atoms with E-state index in [0.717, 1.165) is 49.8 Å². The highest BCUT2D eigenvalue weighted by molar-refractivity contribution is 5.48. The van der Waals surface area contributed by atoms with Gasteiger partial charge in [-0.1, -0.05) is 12.1 Å². The molecule has 0 spiro atoms. The van der Waals surface area contributed by atoms with Crippen LogP contribution >= 0.6 is 0 Å². The molecule has 1 heterocycles. The Hall–Kier alpha value is -1.99. The minimum Gasteiger partial charge on any atom is -0.433 e. The lowest BCUT2D eigenvalue weighted by molar-refractivity contribution is -0.0499. The summed E-state index contributed by atoms with van der Waals surface area (Å²) in [6, 6.07) is 6.68. The number of para-hydroxylation sites is 2. The number of nitrogens with zero attached hydrogens (tertiary/aromatic N) is 2. The first-order valence-corrected chi connectivity index (χ1v) is 9.52. The number of aliphatic hydroxyl groups excluding tert-OH is 1. The first-order valence-electron chi connectivity index (χ1n) is 9.52. The van der Waals surface area contributed by atoms with E-state index in [2.05, 4.69) is 9.84 Å². The Labute approximate surface area is 156 Å². The molecule has 5 nitrogen and oxygen atoms in total. The summed E-state index contributed by atoms with van der Waals surface area (Å²) in [5.41, 5.74) is 2.51. The van der Waals surface area contributed by atoms with Crippen LogP contribution in [0, 0.1) is 0 Å². The molecule has 1 N–H and O–H groups in total. The topological polar surface area (TPSA) is 56.5 Å². The molecule has 0 bridgehead atoms. The quantitative estimate of drug-likeness (QED) is 0.786. The summed E-state index contributed by atoms with van der Waals surface area (Å²) >= 11 is 0. The lowest BCUT2D eigenvalue weighted by Gasteiger charge is -2.26. The zero-order valence-electron chi connectivity index (χ0n) is 15.1. The van der Waals surface area contributed by atoms with Gasteiger partial charge in [0, 0.05) is 0 Å². The van der Waals surface area contributed by atoms with Crippen molar-refractivity contribution in [3.63, 3.8) is 0 Å². The van der Waals surface area contributed by atoms with Gasteiger partial charge in [0.2, 0.25) is 0 Å². The largest absolute Gasteiger partial charge is 0.433 e. The number of halogens is 2. The molecule has 2 saturated carbocycles. The van der Waals surface area contributed by atoms with Crippen LogP contribution < -0.4 is 4.74 Å². The summed E-state index contributed by atoms with van der Waals surface area (Å²) in [5.74, 6) is 0.564. The second kappa shape index (κ2) is 7.94. The minimum atomic E-state index is -2.89. The summed E-state index contributed by atoms with van der Waals surface area (Å²) in [6.45, 7) is -2.52. The number of benzene rings is 1. The highest BCUT2D eigenvalue weighted by Crippen LogP contribution is 2.43. The summed E-state index contributed by atoms with van der Waals surface area (Å²) in [5, 5.41) is 14.1. The smallest absolute Gasteiger partial charge is 0.387 e. The summed E-state index contributed by atoms with van der Waals surface area (Å²) < 4.78 is 38.0. The Morgan fingerprint density at radius 1 is 1.11 bits per heavy atom. The van der Waals surface area contributed by atoms with Crippen molar-refractivity contribution in [1.82, 2.24) is 9.78 Å². The van der Waals surface area contributed by atoms with Crippen LogP contribution in [-0.2, 0) is 11.3 Å². The summed E-state index contributed by atoms with van der Waals surface area (Å²) in [6.07, 6.45) is 7.10. The molecule has 2 aromatic rings. The Balaban J connectivity index is 1.58. The highest BCUT2D eigenvalue weighted by Gasteiger charge is 2.30. The molecule has 0 unspecified atom stereocenters. The molecule has 2 fully saturated rings. The molecule has 0 saturated heterocycles. The molecule has 0 atom stereocenters. The van der Waals surface area contributed by atoms with Crippen LogP contribution in [-0.4, -0.2) is 33.7 Å². The fraction of sp³-hybridized carbons (Fsp3) is 0.550. The number of aromatic nitrogens is 2. The molecular weight excluding hydrogens is 354 g/mol. The highest BCUT2D eigenvalue weighted by atomic mass is 19.3. The van der Waals surface area contributed by atoms with Crippen molar-refractivity contribution >= 4 is 0 Å². The fourth-order valence-corrected chi connectivity index (χ4v) is 3.71. The van der Waals surface area contributed by atoms with Crippen molar-refractivity contribution in [3.05, 3.63) is 41.7 Å². The molecule has 0 amide bonds. The van der Waals surface area contributed by atoms with Gasteiger partial charge in [-0.15, -0.1) is 0 Å². The van der Waals surface area contributed by atoms with E-state index in [4.69, 9.17) is 4.74 Å². The maximum absolute atomic E-state index is 12.8. The van der Waals surface area contributed by atoms with Gasteiger partial charge in [0.25, 0.3) is 0 Å². The van der Waals surface area contributed by atoms with Crippen molar-refractivity contribution in [3.8, 4) is 11.4 Å². The van der Waals surface area contributed by atoms with Crippen LogP contribution in [0.4, 0.5) is 8.78 Å². The SMILES string of the molecule is OC1CCC(OCc2c(C3CC3)cnn2-c2ccccc2OC(F)F)CC1. The third-order valence-electron chi connectivity index (χ3n) is 5.33. The Bertz CT molecular complexity index is 768. The van der Waals surface area contributed by atoms with Gasteiger partial charge in [-0.05, 0) is 62.1 Å². The third kappa shape index (κ3) is 4.30. The number of ether oxygens (including phenoxy) is 2. The van der Waals surface area contributed by atoms with Crippen LogP contribution in [0.5, 0.6) is 5.75 Å². The monoisotopic (exact) mass is 378 g/mol. The first-order chi connectivity index (χ1) is 13.1. The molecule has 1 aromatic heterocycles. The number of hydrogen-bond acceptors (Lipinski definition) is 4. The van der Waals surface area contributed by atoms with Gasteiger partial charge >= 0.3 is 6.61 Å². The maximum atomic E-state index is 12.8. The Morgan fingerprint density at radius 3 is 2.56 bits per heavy atom. The third-order valence-corrected chi connectivity index (χ3v) is 5.33. The van der Waals surface area contributed by atoms with E-state index < -0.39 is 6.61 Å². The van der Waals surface area contributed by atoms with Crippen LogP contribution in [0.15, 0.2) is 30.5 Å². The number of aliphatic hydroxyl groups is 1. The van der Waals surface area contributed by atoms with Gasteiger partial charge in [-0.25, -0.2) is 4.68 Å². The molecule has 2 aliphatic carbocycles. The van der Waals surface area contributed by atoms with Crippen molar-refractivity contribution in [2.45, 2.75) is 69.9 Å². The summed E-state index contributed by atoms with van der Waals surface area (Å²) in [7, 11) is 0. The molecule has 2 aliphatic rings. The second-order valence-electron chi connectivity index (χ2n) is 7.32. The standard InChI is InChI=1S/C20H24F2N2O3/c21-20(22)27-19-4-2-1-3-17(19)24-18(16(11-23-24)13-5-6-13)12-26-15-9-7-14(25)8-10-15/h1-4,11,13-15,20,25H,5-10,12H2. The Morgan fingerprint density at radius 2 is 1.85 bits per heavy atom. The van der Waals surface area contributed by atoms with Crippen LogP contribution in [0.1, 0.15) is 55.7 Å². The van der Waals surface area contributed by atoms with Crippen LogP contribution in [0.3, 0.4) is 0 Å². The normalized spacial score (nSPS) is 23.0. The lowest BCUT2D eigenvalue weighted by atomic mass is 9.95. The first kappa shape index (κ1) is 18.4. The molecule has 27 heavy (non-hydrogen) atoms. The van der Waals surface area contributed by atoms with Crippen molar-refractivity contribution in [1.29, 1.82) is 0 Å². The maximum Gasteiger partial charge on any atom is 0.387 e. The van der Waals surface area contributed by atoms with Gasteiger partial charge in [-0.3, -0.25) is 0 Å². The molecule has 4 rings (SSSR count). The van der Waals surface area contributed by atoms with Crippen molar-refractivity contribution in [2.24, 2.45) is 0 Å². The fourth-order valence-electron chi connectivity index (χ4n) is 3.71. The van der Waals surface area contributed by atoms with E-state index >= 15 is 0 Å². The van der Waals surface area contributed by atoms with E-state index in [1.165, 1.54) is 6.07 Å². The van der Waals surface area contributed by atoms with E-state index in [0.29, 0.717) is 18.2 Å². The average Bonchev–Trinajstić information content (AvgIpc) is 3.41. The molecule has 7 heteroatoms. The zero-order chi connectivity index (χ0) is 18.8. The Kier molecular flexibility index (Phi) is 5.41. The molecular formula is C20H24F2N2O3. The van der Waals surface area contributed by atoms with Crippen molar-refractivity contribution < 1.29 is 23.4 Å². The molecule has 1 aromatic carbocycles. The number of rotatable bonds is 7. The van der Waals surface area contributed by atoms with Gasteiger partial charge in [0.15, 0.2) is 5.75 Å². The van der Waals surface area contributed by atoms with Gasteiger partial charge in [0.1, 0.15) is 5.69 Å². The van der Waals surface area contributed by atoms with Crippen LogP contribution in [0.25, 0.3) is 5.69 Å². The van der Waals surface area contributed by atoms with Gasteiger partial charge < -0.3 is 14.6 Å². The van der Waals surface area contributed by atoms with Gasteiger partial charge in [-0.2, -0.15) is 13.9 Å². The summed E-state index contributed by atoms with van der Waals surface area (Å²) in [4.78, 5) is 0. The lowest BCUT2D eigenvalue weighted by Crippen LogP contribution is -2.24. The number of hydrogen-bond donors (Lipinski definition) is 1. The molecule has 0 radical (unpaired) electrons.